The number of esters is 1. The van der Waals surface area contributed by atoms with Crippen molar-refractivity contribution in [3.63, 3.8) is 0 Å². The standard InChI is InChI=1S/C9H15F2NO6S/c1-3-6(2)7(13)18-5-4-12-8(14)9(10,11)19(15,16)17/h6H,3-5H2,1-2H3,(H,12,14)(H,15,16,17)/p-1. The number of alkyl halides is 2. The van der Waals surface area contributed by atoms with Gasteiger partial charge < -0.3 is 14.6 Å². The quantitative estimate of drug-likeness (QED) is 0.397. The van der Waals surface area contributed by atoms with Crippen molar-refractivity contribution in [2.24, 2.45) is 5.92 Å². The predicted octanol–water partition coefficient (Wildman–Crippen LogP) is -0.170. The minimum absolute atomic E-state index is 0.376. The van der Waals surface area contributed by atoms with Crippen molar-refractivity contribution in [1.29, 1.82) is 0 Å². The fourth-order valence-corrected chi connectivity index (χ4v) is 1.14. The van der Waals surface area contributed by atoms with Gasteiger partial charge in [0, 0.05) is 0 Å². The average Bonchev–Trinajstić information content (AvgIpc) is 2.31. The number of nitrogens with one attached hydrogen (secondary N) is 1. The van der Waals surface area contributed by atoms with Crippen LogP contribution in [0.4, 0.5) is 8.78 Å². The van der Waals surface area contributed by atoms with E-state index in [4.69, 9.17) is 0 Å². The molecule has 0 aromatic heterocycles. The number of amides is 1. The second-order valence-corrected chi connectivity index (χ2v) is 5.12. The van der Waals surface area contributed by atoms with Crippen molar-refractivity contribution in [3.05, 3.63) is 0 Å². The summed E-state index contributed by atoms with van der Waals surface area (Å²) in [5.74, 6) is -3.19. The molecule has 0 fully saturated rings. The van der Waals surface area contributed by atoms with Crippen LogP contribution in [-0.2, 0) is 24.4 Å². The van der Waals surface area contributed by atoms with E-state index in [2.05, 4.69) is 4.74 Å². The van der Waals surface area contributed by atoms with Crippen molar-refractivity contribution < 1.29 is 36.1 Å². The van der Waals surface area contributed by atoms with Crippen LogP contribution in [-0.4, -0.2) is 43.3 Å². The van der Waals surface area contributed by atoms with Gasteiger partial charge in [0.25, 0.3) is 0 Å². The summed E-state index contributed by atoms with van der Waals surface area (Å²) in [7, 11) is -6.08. The second-order valence-electron chi connectivity index (χ2n) is 3.70. The lowest BCUT2D eigenvalue weighted by molar-refractivity contribution is -0.148. The summed E-state index contributed by atoms with van der Waals surface area (Å²) in [5.41, 5.74) is 0. The zero-order chi connectivity index (χ0) is 15.3. The highest BCUT2D eigenvalue weighted by molar-refractivity contribution is 7.87. The topological polar surface area (TPSA) is 113 Å². The molecule has 112 valence electrons. The minimum atomic E-state index is -6.08. The number of hydrogen-bond acceptors (Lipinski definition) is 6. The Labute approximate surface area is 109 Å². The Morgan fingerprint density at radius 1 is 1.42 bits per heavy atom. The maximum absolute atomic E-state index is 12.7. The third-order valence-electron chi connectivity index (χ3n) is 2.23. The van der Waals surface area contributed by atoms with Crippen molar-refractivity contribution in [2.45, 2.75) is 25.5 Å². The zero-order valence-electron chi connectivity index (χ0n) is 10.3. The fourth-order valence-electron chi connectivity index (χ4n) is 0.842. The molecular formula is C9H14F2NO6S-. The predicted molar refractivity (Wildman–Crippen MR) is 58.1 cm³/mol. The summed E-state index contributed by atoms with van der Waals surface area (Å²) >= 11 is 0. The van der Waals surface area contributed by atoms with E-state index >= 15 is 0 Å². The number of rotatable bonds is 7. The summed E-state index contributed by atoms with van der Waals surface area (Å²) < 4.78 is 60.3. The maximum atomic E-state index is 12.7. The van der Waals surface area contributed by atoms with E-state index in [1.807, 2.05) is 0 Å². The van der Waals surface area contributed by atoms with E-state index in [1.54, 1.807) is 13.8 Å². The Morgan fingerprint density at radius 3 is 2.37 bits per heavy atom. The number of carbonyl (C=O) groups is 2. The van der Waals surface area contributed by atoms with Crippen LogP contribution in [0.25, 0.3) is 0 Å². The number of carbonyl (C=O) groups excluding carboxylic acids is 2. The molecule has 0 saturated carbocycles. The molecule has 1 amide bonds. The summed E-state index contributed by atoms with van der Waals surface area (Å²) in [5, 5.41) is -3.55. The molecule has 7 nitrogen and oxygen atoms in total. The Hall–Kier alpha value is -1.29. The summed E-state index contributed by atoms with van der Waals surface area (Å²) in [4.78, 5) is 21.9. The molecular weight excluding hydrogens is 288 g/mol. The van der Waals surface area contributed by atoms with Crippen molar-refractivity contribution >= 4 is 22.0 Å². The monoisotopic (exact) mass is 302 g/mol. The minimum Gasteiger partial charge on any atom is -0.743 e. The van der Waals surface area contributed by atoms with Gasteiger partial charge in [-0.15, -0.1) is 0 Å². The normalized spacial score (nSPS) is 13.7. The van der Waals surface area contributed by atoms with Gasteiger partial charge in [0.1, 0.15) is 6.61 Å². The highest BCUT2D eigenvalue weighted by atomic mass is 32.2. The maximum Gasteiger partial charge on any atom is 0.410 e. The molecule has 1 atom stereocenters. The molecule has 0 aliphatic heterocycles. The smallest absolute Gasteiger partial charge is 0.410 e. The molecule has 0 aromatic rings. The number of ether oxygens (including phenoxy) is 1. The molecule has 19 heavy (non-hydrogen) atoms. The van der Waals surface area contributed by atoms with Gasteiger partial charge in [-0.1, -0.05) is 13.8 Å². The van der Waals surface area contributed by atoms with E-state index < -0.39 is 40.4 Å². The molecule has 0 radical (unpaired) electrons. The van der Waals surface area contributed by atoms with Crippen LogP contribution >= 0.6 is 0 Å². The van der Waals surface area contributed by atoms with Crippen LogP contribution in [0.2, 0.25) is 0 Å². The number of halogens is 2. The molecule has 0 aliphatic rings. The fraction of sp³-hybridized carbons (Fsp3) is 0.778. The Kier molecular flexibility index (Phi) is 6.30. The van der Waals surface area contributed by atoms with Crippen LogP contribution < -0.4 is 5.32 Å². The third kappa shape index (κ3) is 5.07. The molecule has 0 heterocycles. The molecule has 0 aromatic carbocycles. The SMILES string of the molecule is CCC(C)C(=O)OCCNC(=O)C(F)(F)S(=O)(=O)[O-]. The first-order valence-electron chi connectivity index (χ1n) is 5.32. The lowest BCUT2D eigenvalue weighted by Crippen LogP contribution is -2.46. The highest BCUT2D eigenvalue weighted by Gasteiger charge is 2.46. The van der Waals surface area contributed by atoms with E-state index in [-0.39, 0.29) is 5.92 Å². The average molecular weight is 302 g/mol. The summed E-state index contributed by atoms with van der Waals surface area (Å²) in [6, 6.07) is 0. The molecule has 0 spiro atoms. The third-order valence-corrected chi connectivity index (χ3v) is 3.04. The Bertz CT molecular complexity index is 436. The van der Waals surface area contributed by atoms with Crippen molar-refractivity contribution in [3.8, 4) is 0 Å². The molecule has 0 saturated heterocycles. The summed E-state index contributed by atoms with van der Waals surface area (Å²) in [6.07, 6.45) is 0.525. The number of hydrogen-bond donors (Lipinski definition) is 1. The first-order valence-corrected chi connectivity index (χ1v) is 6.73. The van der Waals surface area contributed by atoms with E-state index in [9.17, 15) is 31.3 Å². The van der Waals surface area contributed by atoms with Crippen LogP contribution in [0.3, 0.4) is 0 Å². The van der Waals surface area contributed by atoms with Gasteiger partial charge in [0.05, 0.1) is 12.5 Å². The Balaban J connectivity index is 4.17. The highest BCUT2D eigenvalue weighted by Crippen LogP contribution is 2.19. The van der Waals surface area contributed by atoms with Crippen molar-refractivity contribution in [2.75, 3.05) is 13.2 Å². The van der Waals surface area contributed by atoms with Gasteiger partial charge in [-0.25, -0.2) is 8.42 Å². The van der Waals surface area contributed by atoms with Crippen molar-refractivity contribution in [1.82, 2.24) is 5.32 Å². The van der Waals surface area contributed by atoms with Gasteiger partial charge in [-0.2, -0.15) is 8.78 Å². The zero-order valence-corrected chi connectivity index (χ0v) is 11.1. The van der Waals surface area contributed by atoms with Crippen LogP contribution in [0.15, 0.2) is 0 Å². The summed E-state index contributed by atoms with van der Waals surface area (Å²) in [6.45, 7) is 2.42. The van der Waals surface area contributed by atoms with Gasteiger partial charge >= 0.3 is 17.1 Å². The van der Waals surface area contributed by atoms with Crippen LogP contribution in [0.5, 0.6) is 0 Å². The first kappa shape index (κ1) is 17.7. The van der Waals surface area contributed by atoms with E-state index in [0.29, 0.717) is 6.42 Å². The molecule has 1 unspecified atom stereocenters. The van der Waals surface area contributed by atoms with Gasteiger partial charge in [0.15, 0.2) is 10.1 Å². The van der Waals surface area contributed by atoms with Crippen LogP contribution in [0.1, 0.15) is 20.3 Å². The van der Waals surface area contributed by atoms with E-state index in [0.717, 1.165) is 0 Å². The molecule has 0 bridgehead atoms. The van der Waals surface area contributed by atoms with Gasteiger partial charge in [-0.05, 0) is 6.42 Å². The lowest BCUT2D eigenvalue weighted by atomic mass is 10.1. The Morgan fingerprint density at radius 2 is 1.95 bits per heavy atom. The molecule has 0 aliphatic carbocycles. The van der Waals surface area contributed by atoms with Gasteiger partial charge in [0.2, 0.25) is 0 Å². The van der Waals surface area contributed by atoms with Gasteiger partial charge in [-0.3, -0.25) is 9.59 Å². The van der Waals surface area contributed by atoms with E-state index in [1.165, 1.54) is 5.32 Å². The second kappa shape index (κ2) is 6.75. The molecule has 0 rings (SSSR count). The largest absolute Gasteiger partial charge is 0.743 e. The molecule has 10 heteroatoms. The molecule has 1 N–H and O–H groups in total. The first-order chi connectivity index (χ1) is 8.54. The van der Waals surface area contributed by atoms with Crippen LogP contribution in [0, 0.1) is 5.92 Å². The lowest BCUT2D eigenvalue weighted by Gasteiger charge is -2.18.